The molecule has 0 unspecified atom stereocenters. The van der Waals surface area contributed by atoms with Crippen LogP contribution >= 0.6 is 0 Å². The first-order chi connectivity index (χ1) is 8.85. The van der Waals surface area contributed by atoms with E-state index in [0.29, 0.717) is 6.54 Å². The molecule has 0 radical (unpaired) electrons. The summed E-state index contributed by atoms with van der Waals surface area (Å²) in [6.07, 6.45) is 0.946. The van der Waals surface area contributed by atoms with Gasteiger partial charge in [0.25, 0.3) is 0 Å². The van der Waals surface area contributed by atoms with Gasteiger partial charge in [0, 0.05) is 28.4 Å². The zero-order valence-electron chi connectivity index (χ0n) is 10.7. The average Bonchev–Trinajstić information content (AvgIpc) is 2.72. The fourth-order valence-electron chi connectivity index (χ4n) is 2.76. The minimum Gasteiger partial charge on any atom is -0.341 e. The lowest BCUT2D eigenvalue weighted by Gasteiger charge is -2.03. The van der Waals surface area contributed by atoms with Crippen LogP contribution in [0.25, 0.3) is 21.8 Å². The molecule has 3 aromatic rings. The van der Waals surface area contributed by atoms with Gasteiger partial charge in [-0.15, -0.1) is 0 Å². The van der Waals surface area contributed by atoms with E-state index >= 15 is 0 Å². The number of hydrogen-bond donors (Lipinski definition) is 1. The number of benzene rings is 2. The lowest BCUT2D eigenvalue weighted by Crippen LogP contribution is -2.02. The van der Waals surface area contributed by atoms with Crippen LogP contribution in [0.2, 0.25) is 0 Å². The van der Waals surface area contributed by atoms with Gasteiger partial charge in [0.15, 0.2) is 0 Å². The van der Waals surface area contributed by atoms with Gasteiger partial charge in [0.05, 0.1) is 0 Å². The maximum Gasteiger partial charge on any atom is 0.0491 e. The summed E-state index contributed by atoms with van der Waals surface area (Å²) in [5.74, 6) is 0. The number of nitrogens with two attached hydrogens (primary N) is 1. The largest absolute Gasteiger partial charge is 0.341 e. The molecule has 0 aliphatic heterocycles. The summed E-state index contributed by atoms with van der Waals surface area (Å²) in [4.78, 5) is 0. The smallest absolute Gasteiger partial charge is 0.0491 e. The van der Waals surface area contributed by atoms with Crippen molar-refractivity contribution in [3.63, 3.8) is 0 Å². The second-order valence-electron chi connectivity index (χ2n) is 4.65. The van der Waals surface area contributed by atoms with Crippen molar-refractivity contribution < 1.29 is 0 Å². The van der Waals surface area contributed by atoms with Gasteiger partial charge in [0.2, 0.25) is 0 Å². The predicted octanol–water partition coefficient (Wildman–Crippen LogP) is 3.32. The van der Waals surface area contributed by atoms with Crippen molar-refractivity contribution in [1.29, 1.82) is 0 Å². The van der Waals surface area contributed by atoms with Crippen molar-refractivity contribution in [2.24, 2.45) is 5.73 Å². The maximum atomic E-state index is 5.64. The van der Waals surface area contributed by atoms with Crippen LogP contribution in [0, 0.1) is 0 Å². The lowest BCUT2D eigenvalue weighted by molar-refractivity contribution is 0.827. The van der Waals surface area contributed by atoms with Crippen molar-refractivity contribution in [1.82, 2.24) is 4.57 Å². The summed E-state index contributed by atoms with van der Waals surface area (Å²) >= 11 is 0. The molecule has 2 heteroatoms. The van der Waals surface area contributed by atoms with E-state index in [1.807, 2.05) is 0 Å². The molecule has 0 atom stereocenters. The normalized spacial score (nSPS) is 11.4. The highest BCUT2D eigenvalue weighted by atomic mass is 15.0. The van der Waals surface area contributed by atoms with Crippen molar-refractivity contribution in [2.75, 3.05) is 6.54 Å². The molecule has 92 valence electrons. The van der Waals surface area contributed by atoms with Crippen molar-refractivity contribution >= 4 is 21.8 Å². The zero-order chi connectivity index (χ0) is 12.5. The van der Waals surface area contributed by atoms with E-state index in [-0.39, 0.29) is 0 Å². The molecule has 0 aliphatic carbocycles. The van der Waals surface area contributed by atoms with E-state index in [0.717, 1.165) is 13.0 Å². The Balaban J connectivity index is 2.37. The number of fused-ring (bicyclic) bond motifs is 3. The molecule has 0 saturated carbocycles. The minimum atomic E-state index is 0.706. The molecule has 0 spiro atoms. The summed E-state index contributed by atoms with van der Waals surface area (Å²) in [6.45, 7) is 3.90. The van der Waals surface area contributed by atoms with Gasteiger partial charge in [-0.05, 0) is 43.7 Å². The third-order valence-electron chi connectivity index (χ3n) is 3.59. The maximum absolute atomic E-state index is 5.64. The number of aryl methyl sites for hydroxylation is 1. The fraction of sp³-hybridized carbons (Fsp3) is 0.250. The molecule has 0 bridgehead atoms. The minimum absolute atomic E-state index is 0.706. The first-order valence-corrected chi connectivity index (χ1v) is 6.55. The van der Waals surface area contributed by atoms with E-state index in [4.69, 9.17) is 5.73 Å². The molecular weight excluding hydrogens is 220 g/mol. The van der Waals surface area contributed by atoms with E-state index in [9.17, 15) is 0 Å². The molecule has 2 N–H and O–H groups in total. The van der Waals surface area contributed by atoms with E-state index in [1.54, 1.807) is 0 Å². The van der Waals surface area contributed by atoms with Crippen LogP contribution in [-0.2, 0) is 13.0 Å². The molecule has 0 amide bonds. The Kier molecular flexibility index (Phi) is 2.80. The van der Waals surface area contributed by atoms with Gasteiger partial charge in [-0.2, -0.15) is 0 Å². The lowest BCUT2D eigenvalue weighted by atomic mass is 10.1. The predicted molar refractivity (Wildman–Crippen MR) is 77.9 cm³/mol. The number of rotatable bonds is 3. The van der Waals surface area contributed by atoms with Crippen LogP contribution in [0.5, 0.6) is 0 Å². The monoisotopic (exact) mass is 238 g/mol. The standard InChI is InChI=1S/C16H18N2/c1-2-18-15-6-4-3-5-13(15)14-11-12(9-10-17)7-8-16(14)18/h3-8,11H,2,9-10,17H2,1H3. The molecule has 18 heavy (non-hydrogen) atoms. The number of nitrogens with zero attached hydrogens (tertiary/aromatic N) is 1. The molecule has 0 aliphatic rings. The summed E-state index contributed by atoms with van der Waals surface area (Å²) in [5.41, 5.74) is 9.60. The quantitative estimate of drug-likeness (QED) is 0.745. The fourth-order valence-corrected chi connectivity index (χ4v) is 2.76. The molecule has 0 fully saturated rings. The highest BCUT2D eigenvalue weighted by Gasteiger charge is 2.08. The SMILES string of the molecule is CCn1c2ccccc2c2cc(CCN)ccc21. The summed E-state index contributed by atoms with van der Waals surface area (Å²) in [7, 11) is 0. The van der Waals surface area contributed by atoms with Gasteiger partial charge in [-0.3, -0.25) is 0 Å². The van der Waals surface area contributed by atoms with Crippen molar-refractivity contribution in [3.8, 4) is 0 Å². The van der Waals surface area contributed by atoms with E-state index < -0.39 is 0 Å². The second-order valence-corrected chi connectivity index (χ2v) is 4.65. The van der Waals surface area contributed by atoms with Crippen LogP contribution in [0.4, 0.5) is 0 Å². The van der Waals surface area contributed by atoms with Crippen molar-refractivity contribution in [3.05, 3.63) is 48.0 Å². The van der Waals surface area contributed by atoms with Gasteiger partial charge in [-0.1, -0.05) is 24.3 Å². The molecule has 2 nitrogen and oxygen atoms in total. The van der Waals surface area contributed by atoms with E-state index in [1.165, 1.54) is 27.4 Å². The Hall–Kier alpha value is -1.80. The van der Waals surface area contributed by atoms with Crippen LogP contribution in [0.1, 0.15) is 12.5 Å². The third-order valence-corrected chi connectivity index (χ3v) is 3.59. The Morgan fingerprint density at radius 1 is 1.00 bits per heavy atom. The van der Waals surface area contributed by atoms with Gasteiger partial charge >= 0.3 is 0 Å². The average molecular weight is 238 g/mol. The van der Waals surface area contributed by atoms with Crippen LogP contribution in [-0.4, -0.2) is 11.1 Å². The number of aromatic nitrogens is 1. The Bertz CT molecular complexity index is 695. The topological polar surface area (TPSA) is 30.9 Å². The zero-order valence-corrected chi connectivity index (χ0v) is 10.7. The summed E-state index contributed by atoms with van der Waals surface area (Å²) in [5, 5.41) is 2.69. The molecular formula is C16H18N2. The molecule has 1 heterocycles. The highest BCUT2D eigenvalue weighted by molar-refractivity contribution is 6.08. The van der Waals surface area contributed by atoms with Crippen LogP contribution in [0.15, 0.2) is 42.5 Å². The number of para-hydroxylation sites is 1. The molecule has 0 saturated heterocycles. The van der Waals surface area contributed by atoms with Crippen LogP contribution in [0.3, 0.4) is 0 Å². The number of hydrogen-bond acceptors (Lipinski definition) is 1. The van der Waals surface area contributed by atoms with E-state index in [2.05, 4.69) is 54.0 Å². The van der Waals surface area contributed by atoms with Gasteiger partial charge in [-0.25, -0.2) is 0 Å². The Labute approximate surface area is 107 Å². The molecule has 1 aromatic heterocycles. The molecule has 2 aromatic carbocycles. The van der Waals surface area contributed by atoms with Gasteiger partial charge < -0.3 is 10.3 Å². The first-order valence-electron chi connectivity index (χ1n) is 6.55. The summed E-state index contributed by atoms with van der Waals surface area (Å²) in [6, 6.07) is 15.3. The second kappa shape index (κ2) is 4.46. The van der Waals surface area contributed by atoms with Crippen LogP contribution < -0.4 is 5.73 Å². The Morgan fingerprint density at radius 3 is 2.56 bits per heavy atom. The summed E-state index contributed by atoms with van der Waals surface area (Å²) < 4.78 is 2.37. The van der Waals surface area contributed by atoms with Gasteiger partial charge in [0.1, 0.15) is 0 Å². The Morgan fingerprint density at radius 2 is 1.78 bits per heavy atom. The van der Waals surface area contributed by atoms with Crippen molar-refractivity contribution in [2.45, 2.75) is 19.9 Å². The highest BCUT2D eigenvalue weighted by Crippen LogP contribution is 2.29. The first kappa shape index (κ1) is 11.3. The third kappa shape index (κ3) is 1.61. The molecule has 3 rings (SSSR count).